The molecule has 0 atom stereocenters. The predicted octanol–water partition coefficient (Wildman–Crippen LogP) is -0.150. The summed E-state index contributed by atoms with van der Waals surface area (Å²) in [5.74, 6) is 0. The molecule has 0 fully saturated rings. The summed E-state index contributed by atoms with van der Waals surface area (Å²) in [7, 11) is 0. The van der Waals surface area contributed by atoms with Crippen molar-refractivity contribution in [2.45, 2.75) is 0 Å². The van der Waals surface area contributed by atoms with Gasteiger partial charge in [0.05, 0.1) is 0 Å². The molecule has 0 amide bonds. The first-order chi connectivity index (χ1) is 0. The summed E-state index contributed by atoms with van der Waals surface area (Å²) in [4.78, 5) is 0. The second-order valence-corrected chi connectivity index (χ2v) is 0. The third-order valence-corrected chi connectivity index (χ3v) is 0. The summed E-state index contributed by atoms with van der Waals surface area (Å²) in [5, 5.41) is 0. The van der Waals surface area contributed by atoms with Crippen molar-refractivity contribution in [2.75, 3.05) is 0 Å². The molecule has 0 saturated carbocycles. The van der Waals surface area contributed by atoms with Crippen LogP contribution in [-0.4, -0.2) is 0 Å². The minimum absolute atomic E-state index is 0. The first-order valence-corrected chi connectivity index (χ1v) is 0. The van der Waals surface area contributed by atoms with Gasteiger partial charge in [0.15, 0.2) is 0 Å². The number of hydrogen-bond acceptors (Lipinski definition) is 0. The van der Waals surface area contributed by atoms with Gasteiger partial charge in [0.25, 0.3) is 0 Å². The molecule has 0 aromatic carbocycles. The second kappa shape index (κ2) is 663. The fourth-order valence-corrected chi connectivity index (χ4v) is 0. The van der Waals surface area contributed by atoms with E-state index in [0.29, 0.717) is 0 Å². The van der Waals surface area contributed by atoms with E-state index in [2.05, 4.69) is 0 Å². The maximum Gasteiger partial charge on any atom is 0 e. The molecule has 0 N–H and O–H groups in total. The van der Waals surface area contributed by atoms with Crippen LogP contribution in [0.2, 0.25) is 0 Å². The molecule has 0 aliphatic heterocycles. The van der Waals surface area contributed by atoms with Crippen LogP contribution < -0.4 is 0 Å². The summed E-state index contributed by atoms with van der Waals surface area (Å²) in [5.41, 5.74) is 0. The Bertz CT molecular complexity index is 0. The molecule has 0 rings (SSSR count). The molecule has 0 aliphatic rings. The van der Waals surface area contributed by atoms with Crippen LogP contribution in [0, 0.1) is 0 Å². The molecular weight excluding hydrogens is 3060 g/mol. The Morgan fingerprint density at radius 1 is 0.0167 bits per heavy atom. The molecule has 0 saturated heterocycles. The van der Waals surface area contributed by atoms with E-state index in [1.54, 1.807) is 0 Å². The Labute approximate surface area is 1080 Å². The van der Waals surface area contributed by atoms with Gasteiger partial charge in [0.2, 0.25) is 0 Å². The molecule has 0 aliphatic carbocycles. The SMILES string of the molecule is [V].[V].[V].[V].[V].[V].[V].[V].[V].[V].[V].[V].[V].[V].[V].[V].[V].[V].[V].[V].[V].[V].[V].[V].[V].[V].[V].[V].[V].[V].[V].[V].[V].[V].[V].[V].[V].[V].[V].[V].[V].[V].[V].[V].[V].[V].[V].[V].[V].[V].[V].[V].[V].[V].[V].[V].[V].[V].[V].[V]. The van der Waals surface area contributed by atoms with Crippen molar-refractivity contribution in [3.63, 3.8) is 0 Å². The van der Waals surface area contributed by atoms with Gasteiger partial charge in [-0.1, -0.05) is 0 Å². The van der Waals surface area contributed by atoms with Gasteiger partial charge in [-0.25, -0.2) is 0 Å². The molecule has 60 heavy (non-hydrogen) atoms. The molecule has 60 heteroatoms. The second-order valence-electron chi connectivity index (χ2n) is 0. The standard InChI is InChI=1S/60V. The van der Waals surface area contributed by atoms with Crippen LogP contribution in [0.25, 0.3) is 0 Å². The van der Waals surface area contributed by atoms with Crippen LogP contribution in [0.1, 0.15) is 0 Å². The van der Waals surface area contributed by atoms with E-state index in [9.17, 15) is 0 Å². The molecular formula is V60. The van der Waals surface area contributed by atoms with Gasteiger partial charge in [0.1, 0.15) is 0 Å². The van der Waals surface area contributed by atoms with E-state index in [-0.39, 0.29) is 1110 Å². The van der Waals surface area contributed by atoms with Crippen LogP contribution in [-0.2, 0) is 1110 Å². The largest absolute Gasteiger partial charge is 0 e. The summed E-state index contributed by atoms with van der Waals surface area (Å²) < 4.78 is 0. The summed E-state index contributed by atoms with van der Waals surface area (Å²) in [6.07, 6.45) is 0. The van der Waals surface area contributed by atoms with Crippen molar-refractivity contribution < 1.29 is 1110 Å². The minimum Gasteiger partial charge on any atom is 0 e. The third-order valence-electron chi connectivity index (χ3n) is 0. The van der Waals surface area contributed by atoms with E-state index in [0.717, 1.165) is 0 Å². The van der Waals surface area contributed by atoms with Crippen molar-refractivity contribution in [3.8, 4) is 0 Å². The molecule has 0 bridgehead atoms. The first-order valence-electron chi connectivity index (χ1n) is 0. The topological polar surface area (TPSA) is 0 Å². The third kappa shape index (κ3) is 642. The zero-order chi connectivity index (χ0) is 0. The van der Waals surface area contributed by atoms with Gasteiger partial charge in [-0.15, -0.1) is 0 Å². The zero-order valence-corrected chi connectivity index (χ0v) is 111. The van der Waals surface area contributed by atoms with Crippen molar-refractivity contribution in [1.82, 2.24) is 0 Å². The van der Waals surface area contributed by atoms with E-state index < -0.39 is 0 Å². The van der Waals surface area contributed by atoms with Crippen LogP contribution in [0.5, 0.6) is 0 Å². The van der Waals surface area contributed by atoms with Gasteiger partial charge in [-0.2, -0.15) is 0 Å². The zero-order valence-electron chi connectivity index (χ0n) is 26.8. The molecule has 0 unspecified atom stereocenters. The Hall–Kier alpha value is 35.1. The first kappa shape index (κ1) is 684. The van der Waals surface area contributed by atoms with Crippen LogP contribution in [0.15, 0.2) is 0 Å². The molecule has 300 valence electrons. The summed E-state index contributed by atoms with van der Waals surface area (Å²) in [6, 6.07) is 0. The Balaban J connectivity index is 0. The molecule has 60 radical (unpaired) electrons. The molecule has 0 aromatic heterocycles. The average Bonchev–Trinajstić information content (AvgIpc) is 0. The van der Waals surface area contributed by atoms with Crippen molar-refractivity contribution >= 4 is 0 Å². The molecule has 0 nitrogen and oxygen atoms in total. The summed E-state index contributed by atoms with van der Waals surface area (Å²) >= 11 is 0. The molecule has 0 aromatic rings. The van der Waals surface area contributed by atoms with Crippen molar-refractivity contribution in [1.29, 1.82) is 0 Å². The molecule has 0 heterocycles. The van der Waals surface area contributed by atoms with Gasteiger partial charge in [-0.05, 0) is 0 Å². The monoisotopic (exact) mass is 3060 g/mol. The minimum atomic E-state index is 0. The van der Waals surface area contributed by atoms with Gasteiger partial charge in [0, 0.05) is 1110 Å². The van der Waals surface area contributed by atoms with Gasteiger partial charge in [-0.3, -0.25) is 0 Å². The normalized spacial score (nSPS) is 0. The van der Waals surface area contributed by atoms with E-state index in [1.165, 1.54) is 0 Å². The van der Waals surface area contributed by atoms with Gasteiger partial charge >= 0.3 is 0 Å². The van der Waals surface area contributed by atoms with Gasteiger partial charge < -0.3 is 0 Å². The Kier molecular flexibility index (Phi) is 7550. The van der Waals surface area contributed by atoms with Crippen LogP contribution >= 0.6 is 0 Å². The van der Waals surface area contributed by atoms with E-state index in [4.69, 9.17) is 0 Å². The quantitative estimate of drug-likeness (QED) is 0.318. The van der Waals surface area contributed by atoms with E-state index in [1.807, 2.05) is 0 Å². The molecule has 0 spiro atoms. The fraction of sp³-hybridized carbons (Fsp3) is 0. The fourth-order valence-electron chi connectivity index (χ4n) is 0. The summed E-state index contributed by atoms with van der Waals surface area (Å²) in [6.45, 7) is 0. The predicted molar refractivity (Wildman–Crippen MR) is 0 cm³/mol. The van der Waals surface area contributed by atoms with E-state index >= 15 is 0 Å². The number of hydrogen-bond donors (Lipinski definition) is 0. The van der Waals surface area contributed by atoms with Crippen molar-refractivity contribution in [2.24, 2.45) is 0 Å². The number of rotatable bonds is 0. The van der Waals surface area contributed by atoms with Crippen LogP contribution in [0.4, 0.5) is 0 Å². The maximum absolute atomic E-state index is 0. The Morgan fingerprint density at radius 2 is 0.0167 bits per heavy atom. The van der Waals surface area contributed by atoms with Crippen molar-refractivity contribution in [3.05, 3.63) is 0 Å². The smallest absolute Gasteiger partial charge is 0 e. The average molecular weight is 3060 g/mol. The Morgan fingerprint density at radius 3 is 0.0167 bits per heavy atom. The maximum atomic E-state index is 0. The van der Waals surface area contributed by atoms with Crippen LogP contribution in [0.3, 0.4) is 0 Å².